The van der Waals surface area contributed by atoms with Gasteiger partial charge in [0.05, 0.1) is 13.2 Å². The molecule has 2 fully saturated rings. The fourth-order valence-electron chi connectivity index (χ4n) is 2.97. The third-order valence-corrected chi connectivity index (χ3v) is 4.60. The first kappa shape index (κ1) is 21.8. The second kappa shape index (κ2) is 9.64. The molecule has 0 amide bonds. The van der Waals surface area contributed by atoms with Crippen LogP contribution in [0.1, 0.15) is 0 Å². The Kier molecular flexibility index (Phi) is 8.08. The Hall–Kier alpha value is -0.480. The summed E-state index contributed by atoms with van der Waals surface area (Å²) in [5, 5.41) is 82.4. The smallest absolute Gasteiger partial charge is 0.137 e. The fraction of sp³-hybridized carbons (Fsp3) is 1.00. The summed E-state index contributed by atoms with van der Waals surface area (Å²) in [5.74, 6) is 0. The van der Waals surface area contributed by atoms with Crippen molar-refractivity contribution in [3.63, 3.8) is 0 Å². The molecule has 0 bridgehead atoms. The molecule has 10 N–H and O–H groups in total. The number of hydrogen-bond donors (Lipinski definition) is 10. The van der Waals surface area contributed by atoms with Crippen LogP contribution in [0.25, 0.3) is 0 Å². The number of ether oxygens (including phenoxy) is 2. The molecule has 0 aromatic heterocycles. The first-order valence-electron chi connectivity index (χ1n) is 8.39. The summed E-state index contributed by atoms with van der Waals surface area (Å²) in [6, 6.07) is 0. The molecule has 12 heteroatoms. The number of rotatable bonds is 7. The van der Waals surface area contributed by atoms with Crippen LogP contribution in [0.3, 0.4) is 0 Å². The predicted octanol–water partition coefficient (Wildman–Crippen LogP) is -6.23. The lowest BCUT2D eigenvalue weighted by Crippen LogP contribution is -2.64. The molecule has 2 rings (SSSR count). The van der Waals surface area contributed by atoms with Gasteiger partial charge < -0.3 is 50.3 Å². The van der Waals surface area contributed by atoms with E-state index in [1.54, 1.807) is 0 Å². The van der Waals surface area contributed by atoms with Crippen molar-refractivity contribution in [2.75, 3.05) is 26.3 Å². The third kappa shape index (κ3) is 4.67. The van der Waals surface area contributed by atoms with Crippen LogP contribution in [0.15, 0.2) is 0 Å². The fourth-order valence-corrected chi connectivity index (χ4v) is 2.97. The van der Waals surface area contributed by atoms with Crippen molar-refractivity contribution >= 4 is 0 Å². The monoisotopic (exact) mass is 384 g/mol. The van der Waals surface area contributed by atoms with E-state index in [0.29, 0.717) is 0 Å². The highest BCUT2D eigenvalue weighted by Crippen LogP contribution is 2.20. The van der Waals surface area contributed by atoms with Gasteiger partial charge in [-0.1, -0.05) is 0 Å². The second-order valence-corrected chi connectivity index (χ2v) is 6.41. The zero-order valence-corrected chi connectivity index (χ0v) is 14.0. The summed E-state index contributed by atoms with van der Waals surface area (Å²) in [5.41, 5.74) is 0. The summed E-state index contributed by atoms with van der Waals surface area (Å²) in [6.07, 6.45) is -12.8. The Balaban J connectivity index is 1.79. The van der Waals surface area contributed by atoms with Crippen molar-refractivity contribution in [3.05, 3.63) is 0 Å². The Morgan fingerprint density at radius 1 is 0.538 bits per heavy atom. The van der Waals surface area contributed by atoms with Gasteiger partial charge in [-0.3, -0.25) is 10.6 Å². The van der Waals surface area contributed by atoms with Gasteiger partial charge in [-0.15, -0.1) is 0 Å². The van der Waals surface area contributed by atoms with Gasteiger partial charge in [0, 0.05) is 13.1 Å². The number of aliphatic hydroxyl groups excluding tert-OH is 8. The summed E-state index contributed by atoms with van der Waals surface area (Å²) in [7, 11) is 0. The molecule has 0 aromatic rings. The van der Waals surface area contributed by atoms with Crippen molar-refractivity contribution in [1.82, 2.24) is 10.6 Å². The molecule has 26 heavy (non-hydrogen) atoms. The van der Waals surface area contributed by atoms with E-state index in [2.05, 4.69) is 10.6 Å². The Labute approximate surface area is 149 Å². The Morgan fingerprint density at radius 3 is 1.19 bits per heavy atom. The van der Waals surface area contributed by atoms with Crippen molar-refractivity contribution in [2.24, 2.45) is 0 Å². The topological polar surface area (TPSA) is 204 Å². The first-order valence-corrected chi connectivity index (χ1v) is 8.39. The molecular formula is C14H28N2O10. The highest BCUT2D eigenvalue weighted by molar-refractivity contribution is 4.92. The standard InChI is InChI=1S/C14H28N2O10/c17-3-5-7(19)9(21)11(23)13(25-5)15-1-2-16-14-12(24)10(22)8(20)6(4-18)26-14/h5-24H,1-4H2/t5-,6-,7-,8-,9+,10+,11+,12+,13+,14+/m1/s1. The largest absolute Gasteiger partial charge is 0.394 e. The molecular weight excluding hydrogens is 356 g/mol. The number of hydrogen-bond acceptors (Lipinski definition) is 12. The molecule has 2 heterocycles. The van der Waals surface area contributed by atoms with E-state index in [9.17, 15) is 30.6 Å². The lowest BCUT2D eigenvalue weighted by molar-refractivity contribution is -0.239. The molecule has 0 aromatic carbocycles. The maximum absolute atomic E-state index is 9.89. The van der Waals surface area contributed by atoms with Crippen molar-refractivity contribution in [1.29, 1.82) is 0 Å². The van der Waals surface area contributed by atoms with Crippen LogP contribution < -0.4 is 10.6 Å². The summed E-state index contributed by atoms with van der Waals surface area (Å²) >= 11 is 0. The van der Waals surface area contributed by atoms with Crippen LogP contribution in [0.2, 0.25) is 0 Å². The molecule has 0 unspecified atom stereocenters. The van der Waals surface area contributed by atoms with Gasteiger partial charge in [0.25, 0.3) is 0 Å². The van der Waals surface area contributed by atoms with Crippen LogP contribution in [0.4, 0.5) is 0 Å². The molecule has 0 saturated carbocycles. The normalized spacial score (nSPS) is 47.1. The van der Waals surface area contributed by atoms with Gasteiger partial charge in [0.15, 0.2) is 0 Å². The molecule has 0 radical (unpaired) electrons. The quantitative estimate of drug-likeness (QED) is 0.186. The summed E-state index contributed by atoms with van der Waals surface area (Å²) in [6.45, 7) is -0.742. The minimum Gasteiger partial charge on any atom is -0.394 e. The minimum absolute atomic E-state index is 0.164. The van der Waals surface area contributed by atoms with Gasteiger partial charge in [-0.25, -0.2) is 0 Å². The average molecular weight is 384 g/mol. The Morgan fingerprint density at radius 2 is 0.885 bits per heavy atom. The van der Waals surface area contributed by atoms with Gasteiger partial charge in [0.1, 0.15) is 61.3 Å². The van der Waals surface area contributed by atoms with E-state index in [1.807, 2.05) is 0 Å². The van der Waals surface area contributed by atoms with Gasteiger partial charge in [0.2, 0.25) is 0 Å². The van der Waals surface area contributed by atoms with Crippen LogP contribution in [-0.4, -0.2) is 128 Å². The predicted molar refractivity (Wildman–Crippen MR) is 83.5 cm³/mol. The zero-order valence-electron chi connectivity index (χ0n) is 14.0. The molecule has 0 aliphatic carbocycles. The van der Waals surface area contributed by atoms with Gasteiger partial charge in [-0.2, -0.15) is 0 Å². The van der Waals surface area contributed by atoms with E-state index in [-0.39, 0.29) is 13.1 Å². The molecule has 2 aliphatic rings. The van der Waals surface area contributed by atoms with Gasteiger partial charge in [-0.05, 0) is 0 Å². The minimum atomic E-state index is -1.49. The summed E-state index contributed by atoms with van der Waals surface area (Å²) < 4.78 is 10.5. The zero-order chi connectivity index (χ0) is 19.4. The lowest BCUT2D eigenvalue weighted by Gasteiger charge is -2.41. The van der Waals surface area contributed by atoms with Crippen LogP contribution in [0.5, 0.6) is 0 Å². The van der Waals surface area contributed by atoms with Crippen molar-refractivity contribution in [2.45, 2.75) is 61.3 Å². The van der Waals surface area contributed by atoms with Crippen molar-refractivity contribution in [3.8, 4) is 0 Å². The van der Waals surface area contributed by atoms with Gasteiger partial charge >= 0.3 is 0 Å². The van der Waals surface area contributed by atoms with Crippen LogP contribution in [0, 0.1) is 0 Å². The number of nitrogens with one attached hydrogen (secondary N) is 2. The van der Waals surface area contributed by atoms with E-state index < -0.39 is 74.5 Å². The molecule has 2 saturated heterocycles. The van der Waals surface area contributed by atoms with E-state index in [4.69, 9.17) is 19.7 Å². The number of aliphatic hydroxyl groups is 8. The van der Waals surface area contributed by atoms with E-state index >= 15 is 0 Å². The van der Waals surface area contributed by atoms with Crippen LogP contribution >= 0.6 is 0 Å². The highest BCUT2D eigenvalue weighted by Gasteiger charge is 2.44. The lowest BCUT2D eigenvalue weighted by atomic mass is 9.98. The SMILES string of the molecule is OC[C@H]1O[C@H](NCCN[C@H]2O[C@H](CO)[C@@H](O)[C@H](O)[C@@H]2O)[C@@H](O)[C@@H](O)[C@@H]1O. The van der Waals surface area contributed by atoms with Crippen molar-refractivity contribution < 1.29 is 50.3 Å². The molecule has 10 atom stereocenters. The third-order valence-electron chi connectivity index (χ3n) is 4.60. The second-order valence-electron chi connectivity index (χ2n) is 6.41. The molecule has 0 spiro atoms. The summed E-state index contributed by atoms with van der Waals surface area (Å²) in [4.78, 5) is 0. The first-order chi connectivity index (χ1) is 12.3. The maximum atomic E-state index is 9.89. The molecule has 154 valence electrons. The molecule has 12 nitrogen and oxygen atoms in total. The highest BCUT2D eigenvalue weighted by atomic mass is 16.6. The van der Waals surface area contributed by atoms with E-state index in [0.717, 1.165) is 0 Å². The molecule has 2 aliphatic heterocycles. The maximum Gasteiger partial charge on any atom is 0.137 e. The van der Waals surface area contributed by atoms with Crippen LogP contribution in [-0.2, 0) is 9.47 Å². The average Bonchev–Trinajstić information content (AvgIpc) is 2.64. The Bertz CT molecular complexity index is 391. The van der Waals surface area contributed by atoms with E-state index in [1.165, 1.54) is 0 Å².